The predicted octanol–water partition coefficient (Wildman–Crippen LogP) is 2.70. The van der Waals surface area contributed by atoms with Gasteiger partial charge >= 0.3 is 0 Å². The summed E-state index contributed by atoms with van der Waals surface area (Å²) in [6.45, 7) is 7.80. The minimum Gasteiger partial charge on any atom is -0.329 e. The highest BCUT2D eigenvalue weighted by Gasteiger charge is 2.31. The number of unbranched alkanes of at least 4 members (excludes halogenated alkanes) is 3. The molecule has 114 valence electrons. The minimum absolute atomic E-state index is 0.178. The minimum atomic E-state index is 0.178. The number of nitrogens with zero attached hydrogens (tertiary/aromatic N) is 2. The van der Waals surface area contributed by atoms with Crippen molar-refractivity contribution in [2.75, 3.05) is 33.7 Å². The molecule has 19 heavy (non-hydrogen) atoms. The van der Waals surface area contributed by atoms with Gasteiger partial charge in [-0.2, -0.15) is 0 Å². The monoisotopic (exact) mass is 269 g/mol. The summed E-state index contributed by atoms with van der Waals surface area (Å²) in [7, 11) is 4.52. The molecule has 1 aliphatic heterocycles. The van der Waals surface area contributed by atoms with Gasteiger partial charge in [0.2, 0.25) is 0 Å². The first-order valence-corrected chi connectivity index (χ1v) is 8.15. The Morgan fingerprint density at radius 3 is 2.58 bits per heavy atom. The number of hydrogen-bond acceptors (Lipinski definition) is 3. The molecule has 0 bridgehead atoms. The summed E-state index contributed by atoms with van der Waals surface area (Å²) in [6, 6.07) is 0.728. The highest BCUT2D eigenvalue weighted by Crippen LogP contribution is 2.24. The lowest BCUT2D eigenvalue weighted by Crippen LogP contribution is -2.53. The molecule has 3 heteroatoms. The van der Waals surface area contributed by atoms with Crippen LogP contribution >= 0.6 is 0 Å². The van der Waals surface area contributed by atoms with Crippen molar-refractivity contribution in [2.45, 2.75) is 70.4 Å². The molecule has 0 amide bonds. The van der Waals surface area contributed by atoms with Crippen LogP contribution in [0, 0.1) is 0 Å². The molecule has 1 rings (SSSR count). The average Bonchev–Trinajstić information content (AvgIpc) is 2.80. The van der Waals surface area contributed by atoms with E-state index in [1.807, 2.05) is 0 Å². The normalized spacial score (nSPS) is 24.0. The Labute approximate surface area is 120 Å². The van der Waals surface area contributed by atoms with Crippen LogP contribution in [-0.4, -0.2) is 55.1 Å². The average molecular weight is 269 g/mol. The largest absolute Gasteiger partial charge is 0.329 e. The second-order valence-electron chi connectivity index (χ2n) is 6.67. The van der Waals surface area contributed by atoms with Gasteiger partial charge in [-0.15, -0.1) is 0 Å². The van der Waals surface area contributed by atoms with E-state index in [2.05, 4.69) is 37.7 Å². The van der Waals surface area contributed by atoms with Crippen LogP contribution in [0.25, 0.3) is 0 Å². The maximum absolute atomic E-state index is 6.08. The first-order valence-electron chi connectivity index (χ1n) is 8.15. The Morgan fingerprint density at radius 2 is 2.05 bits per heavy atom. The summed E-state index contributed by atoms with van der Waals surface area (Å²) in [5.41, 5.74) is 6.25. The van der Waals surface area contributed by atoms with Crippen molar-refractivity contribution >= 4 is 0 Å². The van der Waals surface area contributed by atoms with E-state index in [1.54, 1.807) is 0 Å². The van der Waals surface area contributed by atoms with Gasteiger partial charge in [0.15, 0.2) is 0 Å². The van der Waals surface area contributed by atoms with Crippen LogP contribution in [0.4, 0.5) is 0 Å². The Hall–Kier alpha value is -0.120. The molecule has 0 aromatic heterocycles. The Balaban J connectivity index is 2.41. The molecule has 2 N–H and O–H groups in total. The van der Waals surface area contributed by atoms with Gasteiger partial charge in [0.25, 0.3) is 0 Å². The molecule has 2 unspecified atom stereocenters. The maximum Gasteiger partial charge on any atom is 0.0301 e. The fourth-order valence-electron chi connectivity index (χ4n) is 3.13. The summed E-state index contributed by atoms with van der Waals surface area (Å²) in [5, 5.41) is 0. The van der Waals surface area contributed by atoms with E-state index in [1.165, 1.54) is 51.5 Å². The molecule has 0 spiro atoms. The molecule has 0 aromatic carbocycles. The van der Waals surface area contributed by atoms with Gasteiger partial charge < -0.3 is 10.6 Å². The Kier molecular flexibility index (Phi) is 7.33. The lowest BCUT2D eigenvalue weighted by molar-refractivity contribution is 0.0996. The number of nitrogens with two attached hydrogens (primary N) is 1. The topological polar surface area (TPSA) is 32.5 Å². The third kappa shape index (κ3) is 5.05. The standard InChI is InChI=1S/C16H35N3/c1-5-6-7-8-11-16(2,14-17)19(4)13-15-10-9-12-18(15)3/h15H,5-14,17H2,1-4H3. The summed E-state index contributed by atoms with van der Waals surface area (Å²) >= 11 is 0. The van der Waals surface area contributed by atoms with Crippen LogP contribution in [0.2, 0.25) is 0 Å². The van der Waals surface area contributed by atoms with E-state index in [0.717, 1.165) is 19.1 Å². The lowest BCUT2D eigenvalue weighted by atomic mass is 9.92. The predicted molar refractivity (Wildman–Crippen MR) is 84.5 cm³/mol. The second-order valence-corrected chi connectivity index (χ2v) is 6.67. The van der Waals surface area contributed by atoms with Gasteiger partial charge in [0.1, 0.15) is 0 Å². The molecule has 3 nitrogen and oxygen atoms in total. The van der Waals surface area contributed by atoms with Crippen molar-refractivity contribution in [1.82, 2.24) is 9.80 Å². The summed E-state index contributed by atoms with van der Waals surface area (Å²) in [4.78, 5) is 5.02. The van der Waals surface area contributed by atoms with E-state index in [-0.39, 0.29) is 5.54 Å². The van der Waals surface area contributed by atoms with Gasteiger partial charge in [0, 0.05) is 24.7 Å². The molecular formula is C16H35N3. The fourth-order valence-corrected chi connectivity index (χ4v) is 3.13. The van der Waals surface area contributed by atoms with Crippen molar-refractivity contribution in [3.05, 3.63) is 0 Å². The Morgan fingerprint density at radius 1 is 1.32 bits per heavy atom. The zero-order valence-corrected chi connectivity index (χ0v) is 13.6. The molecule has 0 aliphatic carbocycles. The van der Waals surface area contributed by atoms with E-state index < -0.39 is 0 Å². The molecule has 0 aromatic rings. The summed E-state index contributed by atoms with van der Waals surface area (Å²) in [6.07, 6.45) is 9.26. The van der Waals surface area contributed by atoms with Crippen LogP contribution < -0.4 is 5.73 Å². The molecular weight excluding hydrogens is 234 g/mol. The van der Waals surface area contributed by atoms with Crippen molar-refractivity contribution in [3.8, 4) is 0 Å². The highest BCUT2D eigenvalue weighted by atomic mass is 15.2. The SMILES string of the molecule is CCCCCCC(C)(CN)N(C)CC1CCCN1C. The van der Waals surface area contributed by atoms with E-state index in [0.29, 0.717) is 0 Å². The first-order chi connectivity index (χ1) is 9.03. The summed E-state index contributed by atoms with van der Waals surface area (Å²) < 4.78 is 0. The lowest BCUT2D eigenvalue weighted by Gasteiger charge is -2.40. The molecule has 1 aliphatic rings. The first kappa shape index (κ1) is 16.9. The third-order valence-electron chi connectivity index (χ3n) is 5.09. The quantitative estimate of drug-likeness (QED) is 0.653. The zero-order chi connectivity index (χ0) is 14.3. The number of hydrogen-bond donors (Lipinski definition) is 1. The van der Waals surface area contributed by atoms with Gasteiger partial charge in [0.05, 0.1) is 0 Å². The molecule has 1 heterocycles. The second kappa shape index (κ2) is 8.23. The van der Waals surface area contributed by atoms with Crippen LogP contribution in [-0.2, 0) is 0 Å². The molecule has 1 fully saturated rings. The third-order valence-corrected chi connectivity index (χ3v) is 5.09. The van der Waals surface area contributed by atoms with Crippen molar-refractivity contribution in [2.24, 2.45) is 5.73 Å². The van der Waals surface area contributed by atoms with Crippen LogP contribution in [0.3, 0.4) is 0 Å². The molecule has 0 radical (unpaired) electrons. The number of likely N-dealkylation sites (N-methyl/N-ethyl adjacent to an activating group) is 2. The van der Waals surface area contributed by atoms with Crippen molar-refractivity contribution in [1.29, 1.82) is 0 Å². The van der Waals surface area contributed by atoms with E-state index in [9.17, 15) is 0 Å². The number of rotatable bonds is 9. The molecule has 2 atom stereocenters. The summed E-state index contributed by atoms with van der Waals surface area (Å²) in [5.74, 6) is 0. The van der Waals surface area contributed by atoms with Crippen LogP contribution in [0.5, 0.6) is 0 Å². The van der Waals surface area contributed by atoms with Gasteiger partial charge in [-0.1, -0.05) is 32.6 Å². The van der Waals surface area contributed by atoms with Gasteiger partial charge in [-0.3, -0.25) is 4.90 Å². The molecule has 1 saturated heterocycles. The van der Waals surface area contributed by atoms with Crippen molar-refractivity contribution in [3.63, 3.8) is 0 Å². The van der Waals surface area contributed by atoms with Gasteiger partial charge in [-0.25, -0.2) is 0 Å². The van der Waals surface area contributed by atoms with Crippen LogP contribution in [0.1, 0.15) is 58.8 Å². The van der Waals surface area contributed by atoms with Gasteiger partial charge in [-0.05, 0) is 46.8 Å². The maximum atomic E-state index is 6.08. The Bertz CT molecular complexity index is 244. The smallest absolute Gasteiger partial charge is 0.0301 e. The zero-order valence-electron chi connectivity index (χ0n) is 13.6. The van der Waals surface area contributed by atoms with E-state index in [4.69, 9.17) is 5.73 Å². The van der Waals surface area contributed by atoms with Crippen molar-refractivity contribution < 1.29 is 0 Å². The van der Waals surface area contributed by atoms with E-state index >= 15 is 0 Å². The highest BCUT2D eigenvalue weighted by molar-refractivity contribution is 4.89. The fraction of sp³-hybridized carbons (Fsp3) is 1.00. The van der Waals surface area contributed by atoms with Crippen LogP contribution in [0.15, 0.2) is 0 Å². The number of likely N-dealkylation sites (tertiary alicyclic amines) is 1. The molecule has 0 saturated carbocycles.